The predicted molar refractivity (Wildman–Crippen MR) is 86.5 cm³/mol. The third kappa shape index (κ3) is 2.13. The molecule has 20 heavy (non-hydrogen) atoms. The van der Waals surface area contributed by atoms with E-state index < -0.39 is 5.54 Å². The summed E-state index contributed by atoms with van der Waals surface area (Å²) in [6.45, 7) is 2.04. The van der Waals surface area contributed by atoms with Crippen molar-refractivity contribution in [3.8, 4) is 0 Å². The maximum atomic E-state index is 6.68. The van der Waals surface area contributed by atoms with E-state index in [-0.39, 0.29) is 0 Å². The van der Waals surface area contributed by atoms with Crippen LogP contribution in [0.2, 0.25) is 0 Å². The quantitative estimate of drug-likeness (QED) is 0.765. The molecule has 3 aromatic rings. The third-order valence-electron chi connectivity index (χ3n) is 3.67. The van der Waals surface area contributed by atoms with Crippen LogP contribution in [0.5, 0.6) is 0 Å². The van der Waals surface area contributed by atoms with Crippen molar-refractivity contribution in [3.05, 3.63) is 76.5 Å². The molecule has 0 bridgehead atoms. The summed E-state index contributed by atoms with van der Waals surface area (Å²) in [6, 6.07) is 16.3. The van der Waals surface area contributed by atoms with Crippen LogP contribution in [-0.4, -0.2) is 4.98 Å². The Morgan fingerprint density at radius 3 is 2.55 bits per heavy atom. The molecule has 0 radical (unpaired) electrons. The average Bonchev–Trinajstić information content (AvgIpc) is 2.47. The number of hydrogen-bond acceptors (Lipinski definition) is 2. The van der Waals surface area contributed by atoms with Crippen molar-refractivity contribution >= 4 is 26.7 Å². The molecule has 1 heterocycles. The Kier molecular flexibility index (Phi) is 3.32. The molecule has 100 valence electrons. The number of hydrogen-bond donors (Lipinski definition) is 1. The fourth-order valence-corrected chi connectivity index (χ4v) is 3.30. The van der Waals surface area contributed by atoms with E-state index in [4.69, 9.17) is 5.73 Å². The molecule has 3 heteroatoms. The minimum absolute atomic E-state index is 0.568. The van der Waals surface area contributed by atoms with E-state index in [1.54, 1.807) is 0 Å². The molecule has 1 aromatic heterocycles. The Hall–Kier alpha value is -1.71. The molecular formula is C17H15BrN2. The molecule has 3 rings (SSSR count). The van der Waals surface area contributed by atoms with Gasteiger partial charge >= 0.3 is 0 Å². The van der Waals surface area contributed by atoms with Crippen LogP contribution in [0.1, 0.15) is 18.1 Å². The lowest BCUT2D eigenvalue weighted by Crippen LogP contribution is -2.34. The summed E-state index contributed by atoms with van der Waals surface area (Å²) in [7, 11) is 0. The van der Waals surface area contributed by atoms with Crippen molar-refractivity contribution in [1.29, 1.82) is 0 Å². The summed E-state index contributed by atoms with van der Waals surface area (Å²) < 4.78 is 1.02. The summed E-state index contributed by atoms with van der Waals surface area (Å²) in [4.78, 5) is 4.18. The number of pyridine rings is 1. The fraction of sp³-hybridized carbons (Fsp3) is 0.118. The van der Waals surface area contributed by atoms with E-state index in [1.165, 1.54) is 0 Å². The van der Waals surface area contributed by atoms with Crippen LogP contribution >= 0.6 is 15.9 Å². The number of nitrogens with zero attached hydrogens (tertiary/aromatic N) is 1. The van der Waals surface area contributed by atoms with Crippen LogP contribution in [-0.2, 0) is 5.54 Å². The monoisotopic (exact) mass is 326 g/mol. The van der Waals surface area contributed by atoms with Gasteiger partial charge in [-0.25, -0.2) is 0 Å². The summed E-state index contributed by atoms with van der Waals surface area (Å²) >= 11 is 3.60. The molecule has 0 spiro atoms. The average molecular weight is 327 g/mol. The predicted octanol–water partition coefficient (Wildman–Crippen LogP) is 4.22. The number of fused-ring (bicyclic) bond motifs is 1. The maximum Gasteiger partial charge on any atom is 0.0654 e. The van der Waals surface area contributed by atoms with Crippen LogP contribution in [0.4, 0.5) is 0 Å². The highest BCUT2D eigenvalue weighted by Crippen LogP contribution is 2.35. The van der Waals surface area contributed by atoms with Gasteiger partial charge in [0.25, 0.3) is 0 Å². The molecule has 0 amide bonds. The van der Waals surface area contributed by atoms with E-state index in [2.05, 4.69) is 39.1 Å². The Balaban J connectivity index is 2.27. The summed E-state index contributed by atoms with van der Waals surface area (Å²) in [5, 5.41) is 2.25. The standard InChI is InChI=1S/C17H15BrN2/c1-17(19,15-6-2-3-8-16(15)18)14-7-4-5-12-11-20-10-9-13(12)14/h2-11H,19H2,1H3. The van der Waals surface area contributed by atoms with E-state index >= 15 is 0 Å². The first-order valence-corrected chi connectivity index (χ1v) is 7.27. The summed E-state index contributed by atoms with van der Waals surface area (Å²) in [6.07, 6.45) is 3.68. The van der Waals surface area contributed by atoms with Gasteiger partial charge in [-0.2, -0.15) is 0 Å². The van der Waals surface area contributed by atoms with Gasteiger partial charge in [-0.3, -0.25) is 4.98 Å². The van der Waals surface area contributed by atoms with Crippen molar-refractivity contribution in [2.45, 2.75) is 12.5 Å². The van der Waals surface area contributed by atoms with Gasteiger partial charge in [0.2, 0.25) is 0 Å². The second-order valence-corrected chi connectivity index (χ2v) is 5.94. The van der Waals surface area contributed by atoms with Gasteiger partial charge in [0.15, 0.2) is 0 Å². The second kappa shape index (κ2) is 5.00. The van der Waals surface area contributed by atoms with Crippen LogP contribution in [0.15, 0.2) is 65.4 Å². The molecule has 0 saturated heterocycles. The van der Waals surface area contributed by atoms with Crippen molar-refractivity contribution in [2.75, 3.05) is 0 Å². The Morgan fingerprint density at radius 2 is 1.75 bits per heavy atom. The number of benzene rings is 2. The molecule has 0 saturated carbocycles. The first kappa shape index (κ1) is 13.3. The van der Waals surface area contributed by atoms with Gasteiger partial charge in [0, 0.05) is 22.3 Å². The summed E-state index contributed by atoms with van der Waals surface area (Å²) in [5.74, 6) is 0. The lowest BCUT2D eigenvalue weighted by molar-refractivity contribution is 0.605. The molecule has 2 nitrogen and oxygen atoms in total. The van der Waals surface area contributed by atoms with Gasteiger partial charge in [-0.15, -0.1) is 0 Å². The van der Waals surface area contributed by atoms with Crippen LogP contribution in [0, 0.1) is 0 Å². The topological polar surface area (TPSA) is 38.9 Å². The zero-order valence-electron chi connectivity index (χ0n) is 11.2. The first-order valence-electron chi connectivity index (χ1n) is 6.48. The molecule has 0 aliphatic carbocycles. The molecular weight excluding hydrogens is 312 g/mol. The van der Waals surface area contributed by atoms with Gasteiger partial charge in [-0.05, 0) is 35.6 Å². The Morgan fingerprint density at radius 1 is 1.00 bits per heavy atom. The second-order valence-electron chi connectivity index (χ2n) is 5.08. The van der Waals surface area contributed by atoms with E-state index in [9.17, 15) is 0 Å². The van der Waals surface area contributed by atoms with Gasteiger partial charge < -0.3 is 5.73 Å². The molecule has 0 aliphatic rings. The molecule has 2 aromatic carbocycles. The van der Waals surface area contributed by atoms with Gasteiger partial charge in [0.05, 0.1) is 5.54 Å². The minimum Gasteiger partial charge on any atom is -0.318 e. The van der Waals surface area contributed by atoms with Crippen molar-refractivity contribution in [2.24, 2.45) is 5.73 Å². The number of rotatable bonds is 2. The lowest BCUT2D eigenvalue weighted by atomic mass is 9.83. The number of halogens is 1. The Labute approximate surface area is 126 Å². The van der Waals surface area contributed by atoms with Gasteiger partial charge in [0.1, 0.15) is 0 Å². The molecule has 1 atom stereocenters. The highest BCUT2D eigenvalue weighted by atomic mass is 79.9. The summed E-state index contributed by atoms with van der Waals surface area (Å²) in [5.41, 5.74) is 8.28. The zero-order valence-corrected chi connectivity index (χ0v) is 12.8. The normalized spacial score (nSPS) is 14.2. The number of nitrogens with two attached hydrogens (primary N) is 1. The zero-order chi connectivity index (χ0) is 14.2. The fourth-order valence-electron chi connectivity index (χ4n) is 2.60. The molecule has 0 fully saturated rings. The van der Waals surface area contributed by atoms with Crippen molar-refractivity contribution in [3.63, 3.8) is 0 Å². The number of aromatic nitrogens is 1. The largest absolute Gasteiger partial charge is 0.318 e. The van der Waals surface area contributed by atoms with Crippen LogP contribution in [0.3, 0.4) is 0 Å². The van der Waals surface area contributed by atoms with E-state index in [0.717, 1.165) is 26.4 Å². The van der Waals surface area contributed by atoms with E-state index in [1.807, 2.05) is 49.6 Å². The van der Waals surface area contributed by atoms with Crippen molar-refractivity contribution < 1.29 is 0 Å². The van der Waals surface area contributed by atoms with E-state index in [0.29, 0.717) is 0 Å². The lowest BCUT2D eigenvalue weighted by Gasteiger charge is -2.28. The minimum atomic E-state index is -0.568. The highest BCUT2D eigenvalue weighted by molar-refractivity contribution is 9.10. The molecule has 1 unspecified atom stereocenters. The SMILES string of the molecule is CC(N)(c1ccccc1Br)c1cccc2cnccc12. The van der Waals surface area contributed by atoms with Crippen molar-refractivity contribution in [1.82, 2.24) is 4.98 Å². The molecule has 2 N–H and O–H groups in total. The maximum absolute atomic E-state index is 6.68. The van der Waals surface area contributed by atoms with Crippen LogP contribution in [0.25, 0.3) is 10.8 Å². The highest BCUT2D eigenvalue weighted by Gasteiger charge is 2.27. The van der Waals surface area contributed by atoms with Gasteiger partial charge in [-0.1, -0.05) is 52.3 Å². The Bertz CT molecular complexity index is 760. The third-order valence-corrected chi connectivity index (χ3v) is 4.37. The first-order chi connectivity index (χ1) is 9.60. The van der Waals surface area contributed by atoms with Crippen LogP contribution < -0.4 is 5.73 Å². The smallest absolute Gasteiger partial charge is 0.0654 e. The molecule has 0 aliphatic heterocycles.